The number of halogens is 1. The zero-order chi connectivity index (χ0) is 29.6. The highest BCUT2D eigenvalue weighted by Gasteiger charge is 2.40. The van der Waals surface area contributed by atoms with Gasteiger partial charge in [-0.05, 0) is 81.7 Å². The van der Waals surface area contributed by atoms with Gasteiger partial charge in [-0.1, -0.05) is 41.9 Å². The highest BCUT2D eigenvalue weighted by Crippen LogP contribution is 2.45. The van der Waals surface area contributed by atoms with Crippen LogP contribution in [0.25, 0.3) is 11.1 Å². The van der Waals surface area contributed by atoms with Crippen LogP contribution in [0.3, 0.4) is 0 Å². The van der Waals surface area contributed by atoms with Crippen molar-refractivity contribution in [2.45, 2.75) is 71.1 Å². The molecule has 42 heavy (non-hydrogen) atoms. The lowest BCUT2D eigenvalue weighted by Gasteiger charge is -2.40. The number of aromatic nitrogens is 1. The van der Waals surface area contributed by atoms with E-state index in [-0.39, 0.29) is 23.1 Å². The summed E-state index contributed by atoms with van der Waals surface area (Å²) in [7, 11) is 0. The van der Waals surface area contributed by atoms with Crippen LogP contribution in [0.1, 0.15) is 77.2 Å². The van der Waals surface area contributed by atoms with Crippen LogP contribution in [0.2, 0.25) is 5.02 Å². The number of hydrogen-bond acceptors (Lipinski definition) is 5. The molecule has 220 valence electrons. The number of pyridine rings is 1. The monoisotopic (exact) mass is 587 g/mol. The molecular weight excluding hydrogens is 550 g/mol. The summed E-state index contributed by atoms with van der Waals surface area (Å²) in [6.07, 6.45) is 4.75. The molecule has 0 atom stereocenters. The van der Waals surface area contributed by atoms with Crippen molar-refractivity contribution in [3.05, 3.63) is 81.6 Å². The minimum atomic E-state index is -1.05. The van der Waals surface area contributed by atoms with Crippen molar-refractivity contribution in [1.82, 2.24) is 14.8 Å². The Hall–Kier alpha value is -3.42. The molecular formula is C34H38ClN3O4. The van der Waals surface area contributed by atoms with E-state index in [0.29, 0.717) is 40.9 Å². The smallest absolute Gasteiger partial charge is 0.337 e. The molecule has 1 saturated heterocycles. The molecule has 3 aromatic rings. The molecule has 2 fully saturated rings. The molecule has 7 nitrogen and oxygen atoms in total. The Morgan fingerprint density at radius 3 is 2.45 bits per heavy atom. The van der Waals surface area contributed by atoms with Gasteiger partial charge in [0, 0.05) is 44.2 Å². The summed E-state index contributed by atoms with van der Waals surface area (Å²) in [5.74, 6) is 0.232. The van der Waals surface area contributed by atoms with E-state index in [0.717, 1.165) is 54.9 Å². The number of carboxylic acids is 1. The van der Waals surface area contributed by atoms with E-state index < -0.39 is 5.97 Å². The molecule has 1 saturated carbocycles. The lowest BCUT2D eigenvalue weighted by Crippen LogP contribution is -2.50. The van der Waals surface area contributed by atoms with Crippen LogP contribution in [0.5, 0.6) is 5.75 Å². The molecule has 1 N–H and O–H groups in total. The molecule has 6 rings (SSSR count). The van der Waals surface area contributed by atoms with Crippen molar-refractivity contribution in [2.24, 2.45) is 5.92 Å². The Bertz CT molecular complexity index is 1510. The van der Waals surface area contributed by atoms with E-state index in [1.807, 2.05) is 23.1 Å². The van der Waals surface area contributed by atoms with Gasteiger partial charge in [0.05, 0.1) is 27.5 Å². The molecule has 8 heteroatoms. The number of carbonyl (C=O) groups excluding carboxylic acids is 1. The third-order valence-electron chi connectivity index (χ3n) is 9.12. The number of benzene rings is 2. The van der Waals surface area contributed by atoms with E-state index >= 15 is 0 Å². The van der Waals surface area contributed by atoms with Gasteiger partial charge >= 0.3 is 5.97 Å². The van der Waals surface area contributed by atoms with E-state index in [4.69, 9.17) is 16.3 Å². The molecule has 1 aromatic heterocycles. The molecule has 2 aliphatic heterocycles. The Labute approximate surface area is 252 Å². The molecule has 0 radical (unpaired) electrons. The van der Waals surface area contributed by atoms with Gasteiger partial charge in [0.1, 0.15) is 11.4 Å². The molecule has 0 spiro atoms. The van der Waals surface area contributed by atoms with Crippen molar-refractivity contribution in [3.63, 3.8) is 0 Å². The summed E-state index contributed by atoms with van der Waals surface area (Å²) in [6, 6.07) is 16.0. The summed E-state index contributed by atoms with van der Waals surface area (Å²) >= 11 is 6.95. The number of carboxylic acid groups (broad SMARTS) is 1. The SMILES string of the molecule is Cc1nc2c(cc1C(=O)O)C(=O)N(C1CCN(Cc3cc(Cl)c(-c4ccccc4)c(OC(C)(C)C4CC4)c3)CC1)CC2. The van der Waals surface area contributed by atoms with Crippen molar-refractivity contribution in [1.29, 1.82) is 0 Å². The molecule has 1 aliphatic carbocycles. The molecule has 1 amide bonds. The summed E-state index contributed by atoms with van der Waals surface area (Å²) in [6.45, 7) is 9.11. The van der Waals surface area contributed by atoms with Crippen LogP contribution in [0.15, 0.2) is 48.5 Å². The fraction of sp³-hybridized carbons (Fsp3) is 0.441. The minimum absolute atomic E-state index is 0.0968. The normalized spacial score (nSPS) is 18.2. The van der Waals surface area contributed by atoms with Gasteiger partial charge in [-0.3, -0.25) is 14.7 Å². The number of hydrogen-bond donors (Lipinski definition) is 1. The lowest BCUT2D eigenvalue weighted by molar-refractivity contribution is 0.0542. The predicted octanol–water partition coefficient (Wildman–Crippen LogP) is 6.64. The fourth-order valence-corrected chi connectivity index (χ4v) is 6.90. The molecule has 0 bridgehead atoms. The van der Waals surface area contributed by atoms with Gasteiger partial charge in [0.2, 0.25) is 0 Å². The highest BCUT2D eigenvalue weighted by molar-refractivity contribution is 6.33. The van der Waals surface area contributed by atoms with E-state index in [9.17, 15) is 14.7 Å². The van der Waals surface area contributed by atoms with Crippen molar-refractivity contribution < 1.29 is 19.4 Å². The maximum absolute atomic E-state index is 13.4. The maximum atomic E-state index is 13.4. The maximum Gasteiger partial charge on any atom is 0.337 e. The number of carbonyl (C=O) groups is 2. The first-order valence-electron chi connectivity index (χ1n) is 14.9. The van der Waals surface area contributed by atoms with Crippen molar-refractivity contribution in [2.75, 3.05) is 19.6 Å². The highest BCUT2D eigenvalue weighted by atomic mass is 35.5. The zero-order valence-electron chi connectivity index (χ0n) is 24.5. The quantitative estimate of drug-likeness (QED) is 0.318. The van der Waals surface area contributed by atoms with Gasteiger partial charge in [0.25, 0.3) is 5.91 Å². The molecule has 0 unspecified atom stereocenters. The second-order valence-electron chi connectivity index (χ2n) is 12.5. The number of piperidine rings is 1. The van der Waals surface area contributed by atoms with Gasteiger partial charge in [-0.2, -0.15) is 0 Å². The summed E-state index contributed by atoms with van der Waals surface area (Å²) in [5, 5.41) is 10.2. The fourth-order valence-electron chi connectivity index (χ4n) is 6.56. The van der Waals surface area contributed by atoms with Crippen molar-refractivity contribution >= 4 is 23.5 Å². The van der Waals surface area contributed by atoms with Crippen LogP contribution in [-0.2, 0) is 13.0 Å². The van der Waals surface area contributed by atoms with Gasteiger partial charge in [-0.15, -0.1) is 0 Å². The Morgan fingerprint density at radius 1 is 1.07 bits per heavy atom. The largest absolute Gasteiger partial charge is 0.487 e. The van der Waals surface area contributed by atoms with Crippen LogP contribution in [0, 0.1) is 12.8 Å². The Balaban J connectivity index is 1.16. The number of likely N-dealkylation sites (tertiary alicyclic amines) is 1. The predicted molar refractivity (Wildman–Crippen MR) is 163 cm³/mol. The van der Waals surface area contributed by atoms with Gasteiger partial charge < -0.3 is 14.7 Å². The number of amides is 1. The van der Waals surface area contributed by atoms with Crippen LogP contribution < -0.4 is 4.74 Å². The first-order valence-corrected chi connectivity index (χ1v) is 15.3. The summed E-state index contributed by atoms with van der Waals surface area (Å²) in [4.78, 5) is 33.8. The number of fused-ring (bicyclic) bond motifs is 1. The number of rotatable bonds is 8. The summed E-state index contributed by atoms with van der Waals surface area (Å²) in [5.41, 5.74) is 4.53. The lowest BCUT2D eigenvalue weighted by atomic mass is 9.95. The van der Waals surface area contributed by atoms with Crippen LogP contribution >= 0.6 is 11.6 Å². The third kappa shape index (κ3) is 5.77. The van der Waals surface area contributed by atoms with E-state index in [1.165, 1.54) is 18.9 Å². The summed E-state index contributed by atoms with van der Waals surface area (Å²) < 4.78 is 6.70. The number of nitrogens with zero attached hydrogens (tertiary/aromatic N) is 3. The topological polar surface area (TPSA) is 83.0 Å². The van der Waals surface area contributed by atoms with Crippen LogP contribution in [-0.4, -0.2) is 63.0 Å². The number of aryl methyl sites for hydroxylation is 1. The third-order valence-corrected chi connectivity index (χ3v) is 9.42. The van der Waals surface area contributed by atoms with Gasteiger partial charge in [-0.25, -0.2) is 4.79 Å². The van der Waals surface area contributed by atoms with E-state index in [1.54, 1.807) is 6.92 Å². The molecule has 3 heterocycles. The zero-order valence-corrected chi connectivity index (χ0v) is 25.3. The Morgan fingerprint density at radius 2 is 1.79 bits per heavy atom. The van der Waals surface area contributed by atoms with Crippen molar-refractivity contribution in [3.8, 4) is 16.9 Å². The van der Waals surface area contributed by atoms with E-state index in [2.05, 4.69) is 48.0 Å². The second-order valence-corrected chi connectivity index (χ2v) is 12.9. The average Bonchev–Trinajstić information content (AvgIpc) is 3.80. The number of ether oxygens (including phenoxy) is 1. The van der Waals surface area contributed by atoms with Crippen LogP contribution in [0.4, 0.5) is 0 Å². The first-order chi connectivity index (χ1) is 20.1. The standard InChI is InChI=1S/C34H38ClN3O4/c1-21-26(33(40)41)19-27-29(36-21)13-16-38(32(27)39)25-11-14-37(15-12-25)20-22-17-28(35)31(23-7-5-4-6-8-23)30(18-22)42-34(2,3)24-9-10-24/h4-8,17-19,24-25H,9-16,20H2,1-3H3,(H,40,41). The molecule has 2 aromatic carbocycles. The number of aromatic carboxylic acids is 1. The average molecular weight is 588 g/mol. The Kier molecular flexibility index (Phi) is 7.75. The first kappa shape index (κ1) is 28.7. The second kappa shape index (κ2) is 11.3. The van der Waals surface area contributed by atoms with Gasteiger partial charge in [0.15, 0.2) is 0 Å². The minimum Gasteiger partial charge on any atom is -0.487 e. The molecule has 3 aliphatic rings.